The number of H-pyrrole nitrogens is 1. The van der Waals surface area contributed by atoms with Crippen molar-refractivity contribution < 1.29 is 13.5 Å². The van der Waals surface area contributed by atoms with Gasteiger partial charge in [-0.25, -0.2) is 13.8 Å². The summed E-state index contributed by atoms with van der Waals surface area (Å²) >= 11 is 0. The second-order valence-corrected chi connectivity index (χ2v) is 6.99. The lowest BCUT2D eigenvalue weighted by atomic mass is 9.91. The van der Waals surface area contributed by atoms with E-state index < -0.39 is 11.6 Å². The van der Waals surface area contributed by atoms with Crippen LogP contribution in [0.3, 0.4) is 0 Å². The van der Waals surface area contributed by atoms with Crippen LogP contribution < -0.4 is 4.90 Å². The number of hydrogen-bond donors (Lipinski definition) is 1. The van der Waals surface area contributed by atoms with Crippen LogP contribution in [-0.2, 0) is 11.3 Å². The van der Waals surface area contributed by atoms with Gasteiger partial charge in [0.05, 0.1) is 11.6 Å². The minimum atomic E-state index is -0.702. The molecule has 1 saturated heterocycles. The first kappa shape index (κ1) is 16.9. The van der Waals surface area contributed by atoms with E-state index in [9.17, 15) is 8.78 Å². The Balaban J connectivity index is 1.63. The first-order valence-corrected chi connectivity index (χ1v) is 8.65. The summed E-state index contributed by atoms with van der Waals surface area (Å²) in [5.74, 6) is 0.726. The standard InChI is InChI=1S/C18H19F2N5O/c1-26-9-16-22-18(24-23-16)13-8-25(7-12(13)11-2-3-11)17-14(19)4-10(6-21)5-15(17)20/h4-5,11-13H,2-3,7-9H2,1H3,(H,22,23,24)/t12-,13+/m1/s1. The van der Waals surface area contributed by atoms with E-state index in [0.717, 1.165) is 25.0 Å². The van der Waals surface area contributed by atoms with E-state index in [1.54, 1.807) is 18.1 Å². The van der Waals surface area contributed by atoms with Crippen molar-refractivity contribution in [2.75, 3.05) is 25.1 Å². The Morgan fingerprint density at radius 1 is 1.31 bits per heavy atom. The van der Waals surface area contributed by atoms with Crippen LogP contribution in [0.5, 0.6) is 0 Å². The zero-order valence-corrected chi connectivity index (χ0v) is 14.4. The van der Waals surface area contributed by atoms with Crippen LogP contribution >= 0.6 is 0 Å². The SMILES string of the molecule is COCc1nc([C@H]2CN(c3c(F)cc(C#N)cc3F)C[C@@H]2C2CC2)n[nH]1. The molecule has 1 aromatic heterocycles. The first-order valence-electron chi connectivity index (χ1n) is 8.65. The van der Waals surface area contributed by atoms with E-state index in [-0.39, 0.29) is 23.1 Å². The predicted octanol–water partition coefficient (Wildman–Crippen LogP) is 2.73. The van der Waals surface area contributed by atoms with Gasteiger partial charge in [0.25, 0.3) is 0 Å². The number of halogens is 2. The van der Waals surface area contributed by atoms with Crippen molar-refractivity contribution in [1.82, 2.24) is 15.2 Å². The summed E-state index contributed by atoms with van der Waals surface area (Å²) in [6, 6.07) is 3.95. The molecule has 2 heterocycles. The maximum Gasteiger partial charge on any atom is 0.156 e. The predicted molar refractivity (Wildman–Crippen MR) is 89.3 cm³/mol. The van der Waals surface area contributed by atoms with Gasteiger partial charge >= 0.3 is 0 Å². The van der Waals surface area contributed by atoms with Crippen molar-refractivity contribution >= 4 is 5.69 Å². The van der Waals surface area contributed by atoms with Crippen molar-refractivity contribution in [1.29, 1.82) is 5.26 Å². The van der Waals surface area contributed by atoms with Gasteiger partial charge in [-0.2, -0.15) is 10.4 Å². The zero-order valence-electron chi connectivity index (χ0n) is 14.4. The van der Waals surface area contributed by atoms with Gasteiger partial charge in [-0.3, -0.25) is 5.10 Å². The number of methoxy groups -OCH3 is 1. The fourth-order valence-electron chi connectivity index (χ4n) is 3.90. The van der Waals surface area contributed by atoms with Gasteiger partial charge in [-0.1, -0.05) is 0 Å². The van der Waals surface area contributed by atoms with Crippen LogP contribution in [-0.4, -0.2) is 35.4 Å². The van der Waals surface area contributed by atoms with E-state index in [1.165, 1.54) is 0 Å². The van der Waals surface area contributed by atoms with E-state index in [2.05, 4.69) is 15.2 Å². The molecule has 0 radical (unpaired) electrons. The van der Waals surface area contributed by atoms with E-state index in [0.29, 0.717) is 37.3 Å². The Labute approximate surface area is 149 Å². The second kappa shape index (κ2) is 6.65. The molecular formula is C18H19F2N5O. The molecule has 2 fully saturated rings. The Morgan fingerprint density at radius 2 is 2.04 bits per heavy atom. The number of aromatic nitrogens is 3. The number of anilines is 1. The molecule has 2 aromatic rings. The monoisotopic (exact) mass is 359 g/mol. The van der Waals surface area contributed by atoms with Crippen LogP contribution in [0, 0.1) is 34.8 Å². The smallest absolute Gasteiger partial charge is 0.156 e. The average Bonchev–Trinajstić information content (AvgIpc) is 3.20. The Hall–Kier alpha value is -2.53. The van der Waals surface area contributed by atoms with Crippen molar-refractivity contribution in [3.05, 3.63) is 41.0 Å². The summed E-state index contributed by atoms with van der Waals surface area (Å²) in [4.78, 5) is 6.22. The molecule has 8 heteroatoms. The topological polar surface area (TPSA) is 77.8 Å². The van der Waals surface area contributed by atoms with Crippen LogP contribution in [0.4, 0.5) is 14.5 Å². The zero-order chi connectivity index (χ0) is 18.3. The summed E-state index contributed by atoms with van der Waals surface area (Å²) in [7, 11) is 1.59. The summed E-state index contributed by atoms with van der Waals surface area (Å²) < 4.78 is 33.9. The lowest BCUT2D eigenvalue weighted by molar-refractivity contribution is 0.178. The molecule has 4 rings (SSSR count). The van der Waals surface area contributed by atoms with Crippen LogP contribution in [0.15, 0.2) is 12.1 Å². The van der Waals surface area contributed by atoms with E-state index in [1.807, 2.05) is 0 Å². The number of nitrogens with zero attached hydrogens (tertiary/aromatic N) is 4. The Kier molecular flexibility index (Phi) is 4.32. The number of ether oxygens (including phenoxy) is 1. The Bertz CT molecular complexity index is 835. The summed E-state index contributed by atoms with van der Waals surface area (Å²) in [6.45, 7) is 1.35. The van der Waals surface area contributed by atoms with E-state index in [4.69, 9.17) is 10.00 Å². The third kappa shape index (κ3) is 3.03. The second-order valence-electron chi connectivity index (χ2n) is 6.99. The van der Waals surface area contributed by atoms with E-state index >= 15 is 0 Å². The van der Waals surface area contributed by atoms with Crippen molar-refractivity contribution in [3.8, 4) is 6.07 Å². The largest absolute Gasteiger partial charge is 0.377 e. The molecule has 1 saturated carbocycles. The molecule has 2 aliphatic rings. The molecule has 136 valence electrons. The third-order valence-electron chi connectivity index (χ3n) is 5.22. The van der Waals surface area contributed by atoms with Gasteiger partial charge in [-0.05, 0) is 36.8 Å². The highest BCUT2D eigenvalue weighted by atomic mass is 19.1. The molecule has 0 bridgehead atoms. The maximum atomic E-state index is 14.4. The van der Waals surface area contributed by atoms with Crippen molar-refractivity contribution in [3.63, 3.8) is 0 Å². The minimum Gasteiger partial charge on any atom is -0.377 e. The molecule has 0 spiro atoms. The summed E-state index contributed by atoms with van der Waals surface area (Å²) in [6.07, 6.45) is 2.26. The molecule has 0 amide bonds. The van der Waals surface area contributed by atoms with Gasteiger partial charge in [0, 0.05) is 26.1 Å². The van der Waals surface area contributed by atoms with Gasteiger partial charge in [0.1, 0.15) is 12.3 Å². The molecule has 6 nitrogen and oxygen atoms in total. The lowest BCUT2D eigenvalue weighted by Crippen LogP contribution is -2.23. The van der Waals surface area contributed by atoms with Crippen LogP contribution in [0.25, 0.3) is 0 Å². The van der Waals surface area contributed by atoms with Gasteiger partial charge in [-0.15, -0.1) is 0 Å². The number of benzene rings is 1. The summed E-state index contributed by atoms with van der Waals surface area (Å²) in [5.41, 5.74) is -0.0822. The Morgan fingerprint density at radius 3 is 2.65 bits per heavy atom. The lowest BCUT2D eigenvalue weighted by Gasteiger charge is -2.20. The number of hydrogen-bond acceptors (Lipinski definition) is 5. The highest BCUT2D eigenvalue weighted by Crippen LogP contribution is 2.48. The molecule has 26 heavy (non-hydrogen) atoms. The molecular weight excluding hydrogens is 340 g/mol. The molecule has 1 aromatic carbocycles. The normalized spacial score (nSPS) is 22.6. The molecule has 1 aliphatic carbocycles. The highest BCUT2D eigenvalue weighted by Gasteiger charge is 2.45. The number of nitriles is 1. The van der Waals surface area contributed by atoms with Crippen molar-refractivity contribution in [2.24, 2.45) is 11.8 Å². The number of rotatable bonds is 5. The van der Waals surface area contributed by atoms with Crippen molar-refractivity contribution in [2.45, 2.75) is 25.4 Å². The molecule has 2 atom stereocenters. The third-order valence-corrected chi connectivity index (χ3v) is 5.22. The minimum absolute atomic E-state index is 0.0128. The fourth-order valence-corrected chi connectivity index (χ4v) is 3.90. The molecule has 0 unspecified atom stereocenters. The summed E-state index contributed by atoms with van der Waals surface area (Å²) in [5, 5.41) is 16.0. The van der Waals surface area contributed by atoms with Gasteiger partial charge < -0.3 is 9.64 Å². The highest BCUT2D eigenvalue weighted by molar-refractivity contribution is 5.54. The van der Waals surface area contributed by atoms with Gasteiger partial charge in [0.2, 0.25) is 0 Å². The molecule has 1 aliphatic heterocycles. The van der Waals surface area contributed by atoms with Crippen LogP contribution in [0.2, 0.25) is 0 Å². The first-order chi connectivity index (χ1) is 12.6. The quantitative estimate of drug-likeness (QED) is 0.888. The molecule has 1 N–H and O–H groups in total. The number of nitrogens with one attached hydrogen (secondary N) is 1. The number of aromatic amines is 1. The van der Waals surface area contributed by atoms with Crippen LogP contribution in [0.1, 0.15) is 36.0 Å². The average molecular weight is 359 g/mol. The maximum absolute atomic E-state index is 14.4. The van der Waals surface area contributed by atoms with Gasteiger partial charge in [0.15, 0.2) is 23.3 Å². The fraction of sp³-hybridized carbons (Fsp3) is 0.500.